The Labute approximate surface area is 78.2 Å². The molecule has 0 saturated heterocycles. The Bertz CT molecular complexity index is 427. The molecule has 2 heterocycles. The number of aryl methyl sites for hydroxylation is 1. The summed E-state index contributed by atoms with van der Waals surface area (Å²) in [4.78, 5) is 4.27. The van der Waals surface area contributed by atoms with Gasteiger partial charge in [-0.25, -0.2) is 4.98 Å². The Morgan fingerprint density at radius 1 is 1.38 bits per heavy atom. The standard InChI is InChI=1S/C11H14N2/c1-8(2)10-6-11-12-4-5-13(11)7-9(10)3/h4-8H,1-3H3. The first kappa shape index (κ1) is 8.30. The molecule has 13 heavy (non-hydrogen) atoms. The van der Waals surface area contributed by atoms with Crippen molar-refractivity contribution in [2.24, 2.45) is 0 Å². The molecule has 0 aromatic carbocycles. The van der Waals surface area contributed by atoms with E-state index >= 15 is 0 Å². The lowest BCUT2D eigenvalue weighted by Gasteiger charge is -2.09. The van der Waals surface area contributed by atoms with Crippen LogP contribution in [0.4, 0.5) is 0 Å². The minimum absolute atomic E-state index is 0.571. The normalized spacial score (nSPS) is 11.4. The van der Waals surface area contributed by atoms with E-state index in [1.54, 1.807) is 0 Å². The van der Waals surface area contributed by atoms with Gasteiger partial charge in [0.05, 0.1) is 0 Å². The second-order valence-corrected chi connectivity index (χ2v) is 3.76. The van der Waals surface area contributed by atoms with Gasteiger partial charge >= 0.3 is 0 Å². The number of hydrogen-bond donors (Lipinski definition) is 0. The van der Waals surface area contributed by atoms with Crippen LogP contribution < -0.4 is 0 Å². The average molecular weight is 174 g/mol. The average Bonchev–Trinajstić information content (AvgIpc) is 2.48. The van der Waals surface area contributed by atoms with Gasteiger partial charge in [0.1, 0.15) is 5.65 Å². The van der Waals surface area contributed by atoms with Gasteiger partial charge in [0.15, 0.2) is 0 Å². The smallest absolute Gasteiger partial charge is 0.136 e. The molecular formula is C11H14N2. The predicted molar refractivity (Wildman–Crippen MR) is 54.0 cm³/mol. The van der Waals surface area contributed by atoms with Crippen LogP contribution in [0.2, 0.25) is 0 Å². The lowest BCUT2D eigenvalue weighted by molar-refractivity contribution is 0.851. The first-order valence-corrected chi connectivity index (χ1v) is 4.61. The predicted octanol–water partition coefficient (Wildman–Crippen LogP) is 2.77. The quantitative estimate of drug-likeness (QED) is 0.649. The number of imidazole rings is 1. The molecule has 2 rings (SSSR count). The van der Waals surface area contributed by atoms with Gasteiger partial charge in [-0.3, -0.25) is 0 Å². The van der Waals surface area contributed by atoms with Crippen LogP contribution in [0, 0.1) is 6.92 Å². The highest BCUT2D eigenvalue weighted by atomic mass is 15.0. The highest BCUT2D eigenvalue weighted by Gasteiger charge is 2.05. The number of hydrogen-bond acceptors (Lipinski definition) is 1. The fraction of sp³-hybridized carbons (Fsp3) is 0.364. The van der Waals surface area contributed by atoms with Crippen LogP contribution in [0.5, 0.6) is 0 Å². The fourth-order valence-electron chi connectivity index (χ4n) is 1.70. The number of nitrogens with zero attached hydrogens (tertiary/aromatic N) is 2. The molecule has 0 aliphatic carbocycles. The molecular weight excluding hydrogens is 160 g/mol. The van der Waals surface area contributed by atoms with E-state index in [4.69, 9.17) is 0 Å². The number of fused-ring (bicyclic) bond motifs is 1. The van der Waals surface area contributed by atoms with Crippen molar-refractivity contribution in [3.8, 4) is 0 Å². The highest BCUT2D eigenvalue weighted by Crippen LogP contribution is 2.19. The summed E-state index contributed by atoms with van der Waals surface area (Å²) in [6.45, 7) is 6.57. The molecule has 68 valence electrons. The Morgan fingerprint density at radius 3 is 2.85 bits per heavy atom. The van der Waals surface area contributed by atoms with Crippen molar-refractivity contribution in [3.05, 3.63) is 35.8 Å². The van der Waals surface area contributed by atoms with E-state index in [0.29, 0.717) is 5.92 Å². The van der Waals surface area contributed by atoms with Crippen LogP contribution in [-0.2, 0) is 0 Å². The maximum Gasteiger partial charge on any atom is 0.136 e. The molecule has 2 aromatic heterocycles. The van der Waals surface area contributed by atoms with Gasteiger partial charge in [0.25, 0.3) is 0 Å². The van der Waals surface area contributed by atoms with Crippen LogP contribution in [0.3, 0.4) is 0 Å². The van der Waals surface area contributed by atoms with Gasteiger partial charge in [0.2, 0.25) is 0 Å². The molecule has 0 spiro atoms. The molecule has 0 unspecified atom stereocenters. The minimum Gasteiger partial charge on any atom is -0.307 e. The Morgan fingerprint density at radius 2 is 2.15 bits per heavy atom. The molecule has 0 fully saturated rings. The molecule has 0 amide bonds. The van der Waals surface area contributed by atoms with Crippen LogP contribution in [0.25, 0.3) is 5.65 Å². The molecule has 2 aromatic rings. The topological polar surface area (TPSA) is 17.3 Å². The number of aromatic nitrogens is 2. The summed E-state index contributed by atoms with van der Waals surface area (Å²) in [6, 6.07) is 2.17. The Balaban J connectivity index is 2.69. The molecule has 0 saturated carbocycles. The molecule has 0 aliphatic rings. The second kappa shape index (κ2) is 2.87. The Kier molecular flexibility index (Phi) is 1.83. The third-order valence-electron chi connectivity index (χ3n) is 2.39. The van der Waals surface area contributed by atoms with Crippen LogP contribution in [0.15, 0.2) is 24.7 Å². The van der Waals surface area contributed by atoms with E-state index in [-0.39, 0.29) is 0 Å². The van der Waals surface area contributed by atoms with E-state index < -0.39 is 0 Å². The molecule has 0 aliphatic heterocycles. The van der Waals surface area contributed by atoms with Crippen LogP contribution in [-0.4, -0.2) is 9.38 Å². The number of pyridine rings is 1. The number of rotatable bonds is 1. The lowest BCUT2D eigenvalue weighted by atomic mass is 10.0. The van der Waals surface area contributed by atoms with E-state index in [2.05, 4.69) is 42.4 Å². The summed E-state index contributed by atoms with van der Waals surface area (Å²) < 4.78 is 2.06. The summed E-state index contributed by atoms with van der Waals surface area (Å²) >= 11 is 0. The monoisotopic (exact) mass is 174 g/mol. The van der Waals surface area contributed by atoms with Crippen molar-refractivity contribution < 1.29 is 0 Å². The third kappa shape index (κ3) is 1.32. The van der Waals surface area contributed by atoms with Crippen molar-refractivity contribution in [2.45, 2.75) is 26.7 Å². The van der Waals surface area contributed by atoms with Crippen molar-refractivity contribution in [3.63, 3.8) is 0 Å². The van der Waals surface area contributed by atoms with Gasteiger partial charge in [-0.05, 0) is 30.0 Å². The van der Waals surface area contributed by atoms with Gasteiger partial charge in [-0.1, -0.05) is 13.8 Å². The summed E-state index contributed by atoms with van der Waals surface area (Å²) in [6.07, 6.45) is 5.95. The molecule has 0 radical (unpaired) electrons. The first-order chi connectivity index (χ1) is 6.18. The SMILES string of the molecule is Cc1cn2ccnc2cc1C(C)C. The highest BCUT2D eigenvalue weighted by molar-refractivity contribution is 5.45. The van der Waals surface area contributed by atoms with Gasteiger partial charge < -0.3 is 4.40 Å². The Hall–Kier alpha value is -1.31. The zero-order valence-corrected chi connectivity index (χ0v) is 8.28. The first-order valence-electron chi connectivity index (χ1n) is 4.61. The van der Waals surface area contributed by atoms with Gasteiger partial charge in [-0.2, -0.15) is 0 Å². The second-order valence-electron chi connectivity index (χ2n) is 3.76. The zero-order chi connectivity index (χ0) is 9.42. The fourth-order valence-corrected chi connectivity index (χ4v) is 1.70. The van der Waals surface area contributed by atoms with Crippen molar-refractivity contribution >= 4 is 5.65 Å². The summed E-state index contributed by atoms with van der Waals surface area (Å²) in [7, 11) is 0. The molecule has 0 atom stereocenters. The largest absolute Gasteiger partial charge is 0.307 e. The summed E-state index contributed by atoms with van der Waals surface area (Å²) in [5.41, 5.74) is 3.76. The van der Waals surface area contributed by atoms with Crippen LogP contribution in [0.1, 0.15) is 30.9 Å². The summed E-state index contributed by atoms with van der Waals surface area (Å²) in [5, 5.41) is 0. The molecule has 0 bridgehead atoms. The maximum absolute atomic E-state index is 4.27. The van der Waals surface area contributed by atoms with E-state index in [1.165, 1.54) is 11.1 Å². The lowest BCUT2D eigenvalue weighted by Crippen LogP contribution is -1.95. The minimum atomic E-state index is 0.571. The van der Waals surface area contributed by atoms with E-state index in [0.717, 1.165) is 5.65 Å². The maximum atomic E-state index is 4.27. The van der Waals surface area contributed by atoms with E-state index in [9.17, 15) is 0 Å². The van der Waals surface area contributed by atoms with Crippen molar-refractivity contribution in [1.29, 1.82) is 0 Å². The molecule has 2 heteroatoms. The third-order valence-corrected chi connectivity index (χ3v) is 2.39. The van der Waals surface area contributed by atoms with Crippen molar-refractivity contribution in [2.75, 3.05) is 0 Å². The molecule has 2 nitrogen and oxygen atoms in total. The van der Waals surface area contributed by atoms with Crippen LogP contribution >= 0.6 is 0 Å². The van der Waals surface area contributed by atoms with Gasteiger partial charge in [0, 0.05) is 18.6 Å². The summed E-state index contributed by atoms with van der Waals surface area (Å²) in [5.74, 6) is 0.571. The van der Waals surface area contributed by atoms with Crippen molar-refractivity contribution in [1.82, 2.24) is 9.38 Å². The molecule has 0 N–H and O–H groups in total. The van der Waals surface area contributed by atoms with E-state index in [1.807, 2.05) is 12.4 Å². The van der Waals surface area contributed by atoms with Gasteiger partial charge in [-0.15, -0.1) is 0 Å². The zero-order valence-electron chi connectivity index (χ0n) is 8.28.